The van der Waals surface area contributed by atoms with Crippen LogP contribution in [0.25, 0.3) is 11.4 Å². The van der Waals surface area contributed by atoms with Crippen molar-refractivity contribution in [2.45, 2.75) is 25.9 Å². The predicted molar refractivity (Wildman–Crippen MR) is 94.4 cm³/mol. The van der Waals surface area contributed by atoms with Crippen molar-refractivity contribution in [2.24, 2.45) is 5.92 Å². The number of aromatic nitrogens is 3. The van der Waals surface area contributed by atoms with E-state index in [9.17, 15) is 9.18 Å². The maximum atomic E-state index is 13.6. The molecule has 1 unspecified atom stereocenters. The number of rotatable bonds is 6. The largest absolute Gasteiger partial charge is 0.479 e. The average Bonchev–Trinajstić information content (AvgIpc) is 3.40. The summed E-state index contributed by atoms with van der Waals surface area (Å²) in [5.41, 5.74) is 6.42. The summed E-state index contributed by atoms with van der Waals surface area (Å²) in [7, 11) is 0. The van der Waals surface area contributed by atoms with Gasteiger partial charge in [0.15, 0.2) is 11.9 Å². The summed E-state index contributed by atoms with van der Waals surface area (Å²) in [6, 6.07) is 7.63. The van der Waals surface area contributed by atoms with Crippen molar-refractivity contribution in [2.75, 3.05) is 5.73 Å². The van der Waals surface area contributed by atoms with Gasteiger partial charge in [0, 0.05) is 11.5 Å². The van der Waals surface area contributed by atoms with E-state index in [1.807, 2.05) is 0 Å². The van der Waals surface area contributed by atoms with Gasteiger partial charge >= 0.3 is 0 Å². The van der Waals surface area contributed by atoms with Gasteiger partial charge in [0.25, 0.3) is 5.89 Å². The first kappa shape index (κ1) is 17.1. The van der Waals surface area contributed by atoms with Crippen LogP contribution in [0.2, 0.25) is 0 Å². The van der Waals surface area contributed by atoms with Gasteiger partial charge in [-0.25, -0.2) is 9.37 Å². The lowest BCUT2D eigenvalue weighted by molar-refractivity contribution is 0.0962. The van der Waals surface area contributed by atoms with Gasteiger partial charge in [0.05, 0.1) is 11.9 Å². The molecule has 0 aliphatic heterocycles. The molecule has 1 aliphatic rings. The molecule has 2 heterocycles. The van der Waals surface area contributed by atoms with E-state index >= 15 is 0 Å². The summed E-state index contributed by atoms with van der Waals surface area (Å²) >= 11 is 0. The molecule has 1 aliphatic carbocycles. The Balaban J connectivity index is 1.45. The molecule has 2 aromatic heterocycles. The molecule has 0 saturated heterocycles. The number of Topliss-reactive ketones (excluding diaryl/α,β-unsaturated/α-hetero) is 1. The summed E-state index contributed by atoms with van der Waals surface area (Å²) in [6.45, 7) is 1.74. The molecular formula is C19H17FN4O3. The van der Waals surface area contributed by atoms with Crippen molar-refractivity contribution in [3.63, 3.8) is 0 Å². The van der Waals surface area contributed by atoms with Crippen LogP contribution in [-0.4, -0.2) is 20.9 Å². The third-order valence-corrected chi connectivity index (χ3v) is 4.30. The molecule has 1 saturated carbocycles. The second-order valence-electron chi connectivity index (χ2n) is 6.47. The van der Waals surface area contributed by atoms with E-state index in [0.717, 1.165) is 12.8 Å². The van der Waals surface area contributed by atoms with Crippen molar-refractivity contribution in [1.29, 1.82) is 0 Å². The fourth-order valence-electron chi connectivity index (χ4n) is 2.59. The van der Waals surface area contributed by atoms with Crippen LogP contribution in [0.3, 0.4) is 0 Å². The molecule has 1 aromatic carbocycles. The summed E-state index contributed by atoms with van der Waals surface area (Å²) in [5, 5.41) is 3.85. The van der Waals surface area contributed by atoms with Crippen molar-refractivity contribution >= 4 is 11.5 Å². The number of nitrogen functional groups attached to an aromatic ring is 1. The first-order valence-electron chi connectivity index (χ1n) is 8.57. The van der Waals surface area contributed by atoms with Gasteiger partial charge in [-0.1, -0.05) is 5.16 Å². The third kappa shape index (κ3) is 3.64. The van der Waals surface area contributed by atoms with E-state index in [4.69, 9.17) is 15.0 Å². The monoisotopic (exact) mass is 368 g/mol. The number of benzene rings is 1. The predicted octanol–water partition coefficient (Wildman–Crippen LogP) is 3.59. The number of hydrogen-bond acceptors (Lipinski definition) is 7. The maximum absolute atomic E-state index is 13.6. The van der Waals surface area contributed by atoms with Gasteiger partial charge in [-0.2, -0.15) is 4.98 Å². The molecule has 1 atom stereocenters. The smallest absolute Gasteiger partial charge is 0.267 e. The number of nitrogens with two attached hydrogens (primary N) is 1. The van der Waals surface area contributed by atoms with Gasteiger partial charge in [-0.15, -0.1) is 0 Å². The van der Waals surface area contributed by atoms with Crippen LogP contribution in [0.15, 0.2) is 41.1 Å². The van der Waals surface area contributed by atoms with E-state index in [1.165, 1.54) is 18.3 Å². The second kappa shape index (κ2) is 6.79. The van der Waals surface area contributed by atoms with Crippen molar-refractivity contribution in [3.05, 3.63) is 53.9 Å². The SMILES string of the molecule is CC(Oc1ccc(C(=O)C2CC2)nc1)c1nc(-c2ccc(N)c(F)c2)no1. The van der Waals surface area contributed by atoms with Crippen LogP contribution >= 0.6 is 0 Å². The number of carbonyl (C=O) groups excluding carboxylic acids is 1. The summed E-state index contributed by atoms with van der Waals surface area (Å²) < 4.78 is 24.5. The minimum absolute atomic E-state index is 0.0512. The van der Waals surface area contributed by atoms with Crippen molar-refractivity contribution in [1.82, 2.24) is 15.1 Å². The number of pyridine rings is 1. The number of nitrogens with zero attached hydrogens (tertiary/aromatic N) is 3. The molecule has 138 valence electrons. The fraction of sp³-hybridized carbons (Fsp3) is 0.263. The standard InChI is InChI=1S/C19H17FN4O3/c1-10(26-13-5-7-16(22-9-13)17(25)11-2-3-11)19-23-18(24-27-19)12-4-6-15(21)14(20)8-12/h4-11H,2-3,21H2,1H3. The molecule has 0 bridgehead atoms. The van der Waals surface area contributed by atoms with Crippen LogP contribution < -0.4 is 10.5 Å². The highest BCUT2D eigenvalue weighted by Gasteiger charge is 2.31. The summed E-state index contributed by atoms with van der Waals surface area (Å²) in [4.78, 5) is 20.4. The van der Waals surface area contributed by atoms with Crippen LogP contribution in [0.4, 0.5) is 10.1 Å². The average molecular weight is 368 g/mol. The molecule has 0 radical (unpaired) electrons. The van der Waals surface area contributed by atoms with Gasteiger partial charge in [0.1, 0.15) is 17.3 Å². The molecule has 4 rings (SSSR count). The molecular weight excluding hydrogens is 351 g/mol. The number of hydrogen-bond donors (Lipinski definition) is 1. The highest BCUT2D eigenvalue weighted by molar-refractivity contribution is 5.97. The lowest BCUT2D eigenvalue weighted by atomic mass is 10.2. The molecule has 0 spiro atoms. The zero-order valence-electron chi connectivity index (χ0n) is 14.6. The number of anilines is 1. The molecule has 7 nitrogen and oxygen atoms in total. The Labute approximate surface area is 154 Å². The zero-order chi connectivity index (χ0) is 19.0. The molecule has 27 heavy (non-hydrogen) atoms. The molecule has 3 aromatic rings. The number of halogens is 1. The minimum Gasteiger partial charge on any atom is -0.479 e. The lowest BCUT2D eigenvalue weighted by Crippen LogP contribution is -2.06. The summed E-state index contributed by atoms with van der Waals surface area (Å²) in [5.74, 6) is 0.608. The normalized spacial score (nSPS) is 14.7. The minimum atomic E-state index is -0.546. The first-order chi connectivity index (χ1) is 13.0. The van der Waals surface area contributed by atoms with E-state index in [2.05, 4.69) is 15.1 Å². The maximum Gasteiger partial charge on any atom is 0.267 e. The zero-order valence-corrected chi connectivity index (χ0v) is 14.6. The Bertz CT molecular complexity index is 983. The third-order valence-electron chi connectivity index (χ3n) is 4.30. The molecule has 2 N–H and O–H groups in total. The Morgan fingerprint density at radius 1 is 1.33 bits per heavy atom. The van der Waals surface area contributed by atoms with Gasteiger partial charge in [-0.3, -0.25) is 4.79 Å². The highest BCUT2D eigenvalue weighted by atomic mass is 19.1. The fourth-order valence-corrected chi connectivity index (χ4v) is 2.59. The quantitative estimate of drug-likeness (QED) is 0.524. The Morgan fingerprint density at radius 2 is 2.15 bits per heavy atom. The van der Waals surface area contributed by atoms with E-state index < -0.39 is 11.9 Å². The van der Waals surface area contributed by atoms with E-state index in [-0.39, 0.29) is 29.1 Å². The Morgan fingerprint density at radius 3 is 2.81 bits per heavy atom. The Kier molecular flexibility index (Phi) is 4.31. The highest BCUT2D eigenvalue weighted by Crippen LogP contribution is 2.32. The van der Waals surface area contributed by atoms with Gasteiger partial charge < -0.3 is 15.0 Å². The van der Waals surface area contributed by atoms with E-state index in [1.54, 1.807) is 25.1 Å². The molecule has 1 fully saturated rings. The second-order valence-corrected chi connectivity index (χ2v) is 6.47. The van der Waals surface area contributed by atoms with Crippen molar-refractivity contribution in [3.8, 4) is 17.1 Å². The van der Waals surface area contributed by atoms with Crippen LogP contribution in [0, 0.1) is 11.7 Å². The Hall–Kier alpha value is -3.29. The van der Waals surface area contributed by atoms with Gasteiger partial charge in [-0.05, 0) is 50.1 Å². The summed E-state index contributed by atoms with van der Waals surface area (Å²) in [6.07, 6.45) is 2.83. The van der Waals surface area contributed by atoms with Crippen molar-refractivity contribution < 1.29 is 18.4 Å². The topological polar surface area (TPSA) is 104 Å². The molecule has 0 amide bonds. The van der Waals surface area contributed by atoms with E-state index in [0.29, 0.717) is 17.0 Å². The van der Waals surface area contributed by atoms with Crippen LogP contribution in [0.1, 0.15) is 42.2 Å². The van der Waals surface area contributed by atoms with Crippen LogP contribution in [-0.2, 0) is 0 Å². The molecule has 8 heteroatoms. The number of ether oxygens (including phenoxy) is 1. The first-order valence-corrected chi connectivity index (χ1v) is 8.57. The van der Waals surface area contributed by atoms with Crippen LogP contribution in [0.5, 0.6) is 5.75 Å². The number of carbonyl (C=O) groups is 1. The lowest BCUT2D eigenvalue weighted by Gasteiger charge is -2.10. The number of ketones is 1. The van der Waals surface area contributed by atoms with Gasteiger partial charge in [0.2, 0.25) is 5.82 Å².